The molecule has 4 rings (SSSR count). The number of hydrogen-bond donors (Lipinski definition) is 1. The Balaban J connectivity index is 1.42. The molecule has 0 radical (unpaired) electrons. The van der Waals surface area contributed by atoms with Crippen LogP contribution in [0.1, 0.15) is 68.6 Å². The predicted octanol–water partition coefficient (Wildman–Crippen LogP) is 5.76. The molecule has 184 valence electrons. The van der Waals surface area contributed by atoms with Crippen molar-refractivity contribution in [3.8, 4) is 0 Å². The standard InChI is InChI=1S/C29H36N4O2/c1-28(2,3)35-27(34)33(21-25-11-5-6-17-30-25)20-23-14-12-22(13-15-23)19-32-29(4)16-7-9-24-10-8-18-31-26(24)29/h5-6,8,10-15,17-18,32H,7,9,16,19-21H2,1-4H3. The van der Waals surface area contributed by atoms with E-state index in [9.17, 15) is 4.79 Å². The number of fused-ring (bicyclic) bond motifs is 1. The molecule has 0 fully saturated rings. The highest BCUT2D eigenvalue weighted by atomic mass is 16.6. The minimum atomic E-state index is -0.558. The van der Waals surface area contributed by atoms with Crippen molar-refractivity contribution in [3.63, 3.8) is 0 Å². The molecule has 6 nitrogen and oxygen atoms in total. The molecule has 1 amide bonds. The molecule has 2 heterocycles. The minimum Gasteiger partial charge on any atom is -0.444 e. The number of benzene rings is 1. The van der Waals surface area contributed by atoms with Gasteiger partial charge in [0.25, 0.3) is 0 Å². The molecule has 3 aromatic rings. The number of nitrogens with zero attached hydrogens (tertiary/aromatic N) is 3. The summed E-state index contributed by atoms with van der Waals surface area (Å²) in [5.74, 6) is 0. The Labute approximate surface area is 208 Å². The van der Waals surface area contributed by atoms with Gasteiger partial charge < -0.3 is 10.1 Å². The van der Waals surface area contributed by atoms with Crippen LogP contribution in [0.15, 0.2) is 67.0 Å². The van der Waals surface area contributed by atoms with E-state index in [1.54, 1.807) is 11.1 Å². The van der Waals surface area contributed by atoms with Crippen LogP contribution in [0.4, 0.5) is 4.79 Å². The predicted molar refractivity (Wildman–Crippen MR) is 138 cm³/mol. The summed E-state index contributed by atoms with van der Waals surface area (Å²) in [5, 5.41) is 3.75. The van der Waals surface area contributed by atoms with Gasteiger partial charge in [0.05, 0.1) is 23.5 Å². The second kappa shape index (κ2) is 10.6. The van der Waals surface area contributed by atoms with Crippen molar-refractivity contribution in [3.05, 3.63) is 95.1 Å². The zero-order valence-electron chi connectivity index (χ0n) is 21.3. The van der Waals surface area contributed by atoms with Gasteiger partial charge in [0, 0.05) is 25.5 Å². The van der Waals surface area contributed by atoms with Crippen molar-refractivity contribution in [1.29, 1.82) is 0 Å². The number of rotatable bonds is 7. The maximum Gasteiger partial charge on any atom is 0.410 e. The summed E-state index contributed by atoms with van der Waals surface area (Å²) in [7, 11) is 0. The smallest absolute Gasteiger partial charge is 0.410 e. The fourth-order valence-electron chi connectivity index (χ4n) is 4.54. The quantitative estimate of drug-likeness (QED) is 0.474. The fraction of sp³-hybridized carbons (Fsp3) is 0.414. The molecule has 1 aliphatic rings. The maximum absolute atomic E-state index is 12.9. The average Bonchev–Trinajstić information content (AvgIpc) is 2.83. The second-order valence-electron chi connectivity index (χ2n) is 10.5. The van der Waals surface area contributed by atoms with Gasteiger partial charge in [-0.05, 0) is 81.8 Å². The molecule has 35 heavy (non-hydrogen) atoms. The molecule has 1 aromatic carbocycles. The summed E-state index contributed by atoms with van der Waals surface area (Å²) >= 11 is 0. The van der Waals surface area contributed by atoms with E-state index in [1.165, 1.54) is 16.8 Å². The molecular weight excluding hydrogens is 436 g/mol. The van der Waals surface area contributed by atoms with E-state index in [0.29, 0.717) is 13.1 Å². The number of nitrogens with one attached hydrogen (secondary N) is 1. The van der Waals surface area contributed by atoms with E-state index >= 15 is 0 Å². The van der Waals surface area contributed by atoms with E-state index in [-0.39, 0.29) is 11.6 Å². The molecule has 1 unspecified atom stereocenters. The summed E-state index contributed by atoms with van der Waals surface area (Å²) < 4.78 is 5.66. The van der Waals surface area contributed by atoms with Crippen LogP contribution in [0.25, 0.3) is 0 Å². The third kappa shape index (κ3) is 6.67. The SMILES string of the molecule is CC(C)(C)OC(=O)N(Cc1ccc(CNC2(C)CCCc3cccnc32)cc1)Cc1ccccn1. The van der Waals surface area contributed by atoms with Crippen LogP contribution in [0.3, 0.4) is 0 Å². The van der Waals surface area contributed by atoms with Crippen molar-refractivity contribution >= 4 is 6.09 Å². The average molecular weight is 473 g/mol. The molecule has 0 bridgehead atoms. The highest BCUT2D eigenvalue weighted by Crippen LogP contribution is 2.33. The summed E-state index contributed by atoms with van der Waals surface area (Å²) in [6.45, 7) is 9.50. The summed E-state index contributed by atoms with van der Waals surface area (Å²) in [4.78, 5) is 23.7. The molecule has 1 N–H and O–H groups in total. The van der Waals surface area contributed by atoms with Crippen molar-refractivity contribution in [2.75, 3.05) is 0 Å². The fourth-order valence-corrected chi connectivity index (χ4v) is 4.54. The number of ether oxygens (including phenoxy) is 1. The number of aromatic nitrogens is 2. The first-order chi connectivity index (χ1) is 16.7. The lowest BCUT2D eigenvalue weighted by molar-refractivity contribution is 0.0214. The monoisotopic (exact) mass is 472 g/mol. The van der Waals surface area contributed by atoms with Crippen LogP contribution >= 0.6 is 0 Å². The van der Waals surface area contributed by atoms with Gasteiger partial charge >= 0.3 is 6.09 Å². The Bertz CT molecular complexity index is 1130. The third-order valence-electron chi connectivity index (χ3n) is 6.35. The molecule has 0 saturated heterocycles. The Morgan fingerprint density at radius 2 is 1.74 bits per heavy atom. The molecule has 0 saturated carbocycles. The lowest BCUT2D eigenvalue weighted by Gasteiger charge is -2.36. The lowest BCUT2D eigenvalue weighted by Crippen LogP contribution is -2.42. The Kier molecular flexibility index (Phi) is 7.51. The van der Waals surface area contributed by atoms with Crippen LogP contribution in [0.5, 0.6) is 0 Å². The van der Waals surface area contributed by atoms with Gasteiger partial charge in [0.2, 0.25) is 0 Å². The Morgan fingerprint density at radius 3 is 2.46 bits per heavy atom. The number of pyridine rings is 2. The third-order valence-corrected chi connectivity index (χ3v) is 6.35. The summed E-state index contributed by atoms with van der Waals surface area (Å²) in [5.41, 5.74) is 4.91. The number of amides is 1. The van der Waals surface area contributed by atoms with Crippen LogP contribution in [0, 0.1) is 0 Å². The van der Waals surface area contributed by atoms with Crippen LogP contribution in [-0.4, -0.2) is 26.6 Å². The Morgan fingerprint density at radius 1 is 1.00 bits per heavy atom. The van der Waals surface area contributed by atoms with Crippen LogP contribution < -0.4 is 5.32 Å². The van der Waals surface area contributed by atoms with Crippen molar-refractivity contribution in [2.24, 2.45) is 0 Å². The van der Waals surface area contributed by atoms with Gasteiger partial charge in [-0.2, -0.15) is 0 Å². The van der Waals surface area contributed by atoms with E-state index in [0.717, 1.165) is 37.1 Å². The normalized spacial score (nSPS) is 17.5. The zero-order chi connectivity index (χ0) is 24.9. The van der Waals surface area contributed by atoms with E-state index in [1.807, 2.05) is 51.2 Å². The van der Waals surface area contributed by atoms with Gasteiger partial charge in [0.15, 0.2) is 0 Å². The summed E-state index contributed by atoms with van der Waals surface area (Å²) in [6, 6.07) is 18.4. The van der Waals surface area contributed by atoms with Crippen molar-refractivity contribution in [2.45, 2.75) is 77.7 Å². The van der Waals surface area contributed by atoms with Gasteiger partial charge in [-0.3, -0.25) is 14.9 Å². The molecule has 0 aliphatic heterocycles. The first kappa shape index (κ1) is 24.9. The minimum absolute atomic E-state index is 0.121. The van der Waals surface area contributed by atoms with Gasteiger partial charge in [-0.15, -0.1) is 0 Å². The first-order valence-corrected chi connectivity index (χ1v) is 12.4. The molecular formula is C29H36N4O2. The highest BCUT2D eigenvalue weighted by molar-refractivity contribution is 5.68. The number of hydrogen-bond acceptors (Lipinski definition) is 5. The van der Waals surface area contributed by atoms with E-state index in [2.05, 4.69) is 47.6 Å². The highest BCUT2D eigenvalue weighted by Gasteiger charge is 2.32. The van der Waals surface area contributed by atoms with Crippen LogP contribution in [0.2, 0.25) is 0 Å². The van der Waals surface area contributed by atoms with Gasteiger partial charge in [-0.1, -0.05) is 36.4 Å². The number of carbonyl (C=O) groups excluding carboxylic acids is 1. The number of aryl methyl sites for hydroxylation is 1. The molecule has 1 atom stereocenters. The second-order valence-corrected chi connectivity index (χ2v) is 10.5. The molecule has 0 spiro atoms. The van der Waals surface area contributed by atoms with Gasteiger partial charge in [0.1, 0.15) is 5.60 Å². The molecule has 1 aliphatic carbocycles. The number of carbonyl (C=O) groups is 1. The van der Waals surface area contributed by atoms with Crippen molar-refractivity contribution < 1.29 is 9.53 Å². The molecule has 6 heteroatoms. The van der Waals surface area contributed by atoms with Crippen LogP contribution in [-0.2, 0) is 36.3 Å². The van der Waals surface area contributed by atoms with Gasteiger partial charge in [-0.25, -0.2) is 4.79 Å². The summed E-state index contributed by atoms with van der Waals surface area (Å²) in [6.07, 6.45) is 6.63. The largest absolute Gasteiger partial charge is 0.444 e. The van der Waals surface area contributed by atoms with Crippen molar-refractivity contribution in [1.82, 2.24) is 20.2 Å². The van der Waals surface area contributed by atoms with E-state index < -0.39 is 5.60 Å². The Hall–Kier alpha value is -3.25. The first-order valence-electron chi connectivity index (χ1n) is 12.4. The molecule has 2 aromatic heterocycles. The topological polar surface area (TPSA) is 67.3 Å². The lowest BCUT2D eigenvalue weighted by atomic mass is 9.81. The zero-order valence-corrected chi connectivity index (χ0v) is 21.3. The van der Waals surface area contributed by atoms with E-state index in [4.69, 9.17) is 9.72 Å². The maximum atomic E-state index is 12.9.